The zero-order valence-corrected chi connectivity index (χ0v) is 16.4. The van der Waals surface area contributed by atoms with E-state index in [1.807, 2.05) is 48.7 Å². The van der Waals surface area contributed by atoms with Crippen molar-refractivity contribution >= 4 is 11.6 Å². The second-order valence-corrected chi connectivity index (χ2v) is 7.12. The molecule has 29 heavy (non-hydrogen) atoms. The van der Waals surface area contributed by atoms with Gasteiger partial charge >= 0.3 is 0 Å². The summed E-state index contributed by atoms with van der Waals surface area (Å²) in [6, 6.07) is 22.4. The summed E-state index contributed by atoms with van der Waals surface area (Å²) < 4.78 is 5.41. The summed E-state index contributed by atoms with van der Waals surface area (Å²) in [5.41, 5.74) is 5.24. The number of anilines is 1. The Bertz CT molecular complexity index is 919. The molecule has 5 nitrogen and oxygen atoms in total. The second-order valence-electron chi connectivity index (χ2n) is 7.12. The first-order valence-electron chi connectivity index (χ1n) is 9.96. The van der Waals surface area contributed by atoms with Crippen LogP contribution in [-0.2, 0) is 22.5 Å². The number of benzene rings is 2. The number of rotatable bonds is 6. The van der Waals surface area contributed by atoms with Crippen LogP contribution in [0.15, 0.2) is 72.9 Å². The summed E-state index contributed by atoms with van der Waals surface area (Å²) in [4.78, 5) is 19.0. The van der Waals surface area contributed by atoms with E-state index in [1.54, 1.807) is 0 Å². The topological polar surface area (TPSA) is 54.5 Å². The molecule has 0 radical (unpaired) electrons. The van der Waals surface area contributed by atoms with Gasteiger partial charge in [-0.15, -0.1) is 0 Å². The second kappa shape index (κ2) is 9.34. The van der Waals surface area contributed by atoms with Crippen molar-refractivity contribution < 1.29 is 9.53 Å². The molecule has 1 fully saturated rings. The quantitative estimate of drug-likeness (QED) is 0.704. The molecule has 2 aromatic carbocycles. The van der Waals surface area contributed by atoms with Crippen molar-refractivity contribution in [3.05, 3.63) is 84.2 Å². The molecule has 1 aliphatic heterocycles. The van der Waals surface area contributed by atoms with Gasteiger partial charge in [0.2, 0.25) is 5.91 Å². The first kappa shape index (κ1) is 19.2. The van der Waals surface area contributed by atoms with Gasteiger partial charge in [-0.3, -0.25) is 9.78 Å². The number of hydrogen-bond acceptors (Lipinski definition) is 4. The van der Waals surface area contributed by atoms with E-state index in [-0.39, 0.29) is 12.3 Å². The van der Waals surface area contributed by atoms with Crippen molar-refractivity contribution in [2.75, 3.05) is 31.2 Å². The third-order valence-corrected chi connectivity index (χ3v) is 5.08. The number of morpholine rings is 1. The Morgan fingerprint density at radius 2 is 1.66 bits per heavy atom. The Labute approximate surface area is 171 Å². The molecule has 1 amide bonds. The smallest absolute Gasteiger partial charge is 0.226 e. The largest absolute Gasteiger partial charge is 0.378 e. The average Bonchev–Trinajstić information content (AvgIpc) is 2.80. The lowest BCUT2D eigenvalue weighted by Gasteiger charge is -2.28. The maximum atomic E-state index is 12.2. The molecule has 0 unspecified atom stereocenters. The van der Waals surface area contributed by atoms with E-state index >= 15 is 0 Å². The van der Waals surface area contributed by atoms with Gasteiger partial charge in [0.05, 0.1) is 19.6 Å². The van der Waals surface area contributed by atoms with Gasteiger partial charge in [-0.25, -0.2) is 0 Å². The third-order valence-electron chi connectivity index (χ3n) is 5.08. The first-order valence-corrected chi connectivity index (χ1v) is 9.96. The van der Waals surface area contributed by atoms with Gasteiger partial charge in [-0.2, -0.15) is 0 Å². The fourth-order valence-corrected chi connectivity index (χ4v) is 3.41. The number of nitrogens with one attached hydrogen (secondary N) is 1. The molecule has 0 bridgehead atoms. The van der Waals surface area contributed by atoms with E-state index in [0.29, 0.717) is 6.54 Å². The summed E-state index contributed by atoms with van der Waals surface area (Å²) in [5.74, 6) is -0.0241. The molecule has 0 atom stereocenters. The van der Waals surface area contributed by atoms with Gasteiger partial charge in [0.25, 0.3) is 0 Å². The number of hydrogen-bond donors (Lipinski definition) is 1. The summed E-state index contributed by atoms with van der Waals surface area (Å²) in [5, 5.41) is 2.94. The van der Waals surface area contributed by atoms with E-state index in [9.17, 15) is 4.79 Å². The Morgan fingerprint density at radius 3 is 2.34 bits per heavy atom. The molecule has 1 aromatic heterocycles. The standard InChI is InChI=1S/C24H25N3O2/c28-24(26-17-19-4-2-1-3-5-19)16-22-9-6-21(18-25-22)20-7-10-23(11-8-20)27-12-14-29-15-13-27/h1-11,18H,12-17H2,(H,26,28). The predicted molar refractivity (Wildman–Crippen MR) is 115 cm³/mol. The van der Waals surface area contributed by atoms with Crippen molar-refractivity contribution in [1.29, 1.82) is 0 Å². The number of aromatic nitrogens is 1. The first-order chi connectivity index (χ1) is 14.3. The van der Waals surface area contributed by atoms with E-state index in [0.717, 1.165) is 48.7 Å². The number of ether oxygens (including phenoxy) is 1. The van der Waals surface area contributed by atoms with E-state index < -0.39 is 0 Å². The lowest BCUT2D eigenvalue weighted by molar-refractivity contribution is -0.120. The van der Waals surface area contributed by atoms with E-state index in [2.05, 4.69) is 39.5 Å². The molecular weight excluding hydrogens is 362 g/mol. The lowest BCUT2D eigenvalue weighted by Crippen LogP contribution is -2.36. The van der Waals surface area contributed by atoms with Crippen LogP contribution in [0.4, 0.5) is 5.69 Å². The molecule has 1 saturated heterocycles. The zero-order chi connectivity index (χ0) is 19.9. The number of amides is 1. The van der Waals surface area contributed by atoms with Crippen LogP contribution >= 0.6 is 0 Å². The molecule has 148 valence electrons. The van der Waals surface area contributed by atoms with Crippen LogP contribution in [0.5, 0.6) is 0 Å². The number of nitrogens with zero attached hydrogens (tertiary/aromatic N) is 2. The zero-order valence-electron chi connectivity index (χ0n) is 16.4. The molecule has 2 heterocycles. The van der Waals surface area contributed by atoms with Crippen LogP contribution in [0.3, 0.4) is 0 Å². The van der Waals surface area contributed by atoms with Crippen LogP contribution in [-0.4, -0.2) is 37.2 Å². The highest BCUT2D eigenvalue weighted by Crippen LogP contribution is 2.23. The molecular formula is C24H25N3O2. The lowest BCUT2D eigenvalue weighted by atomic mass is 10.1. The fourth-order valence-electron chi connectivity index (χ4n) is 3.41. The summed E-state index contributed by atoms with van der Waals surface area (Å²) in [6.07, 6.45) is 2.12. The highest BCUT2D eigenvalue weighted by molar-refractivity contribution is 5.78. The van der Waals surface area contributed by atoms with Crippen LogP contribution < -0.4 is 10.2 Å². The number of carbonyl (C=O) groups excluding carboxylic acids is 1. The molecule has 0 spiro atoms. The highest BCUT2D eigenvalue weighted by Gasteiger charge is 2.11. The minimum atomic E-state index is -0.0241. The van der Waals surface area contributed by atoms with Crippen molar-refractivity contribution in [3.8, 4) is 11.1 Å². The van der Waals surface area contributed by atoms with Crippen LogP contribution in [0.25, 0.3) is 11.1 Å². The van der Waals surface area contributed by atoms with Gasteiger partial charge in [-0.05, 0) is 29.3 Å². The van der Waals surface area contributed by atoms with Crippen molar-refractivity contribution in [2.24, 2.45) is 0 Å². The number of pyridine rings is 1. The molecule has 0 aliphatic carbocycles. The Morgan fingerprint density at radius 1 is 0.931 bits per heavy atom. The molecule has 1 N–H and O–H groups in total. The summed E-state index contributed by atoms with van der Waals surface area (Å²) in [7, 11) is 0. The van der Waals surface area contributed by atoms with E-state index in [1.165, 1.54) is 5.69 Å². The minimum Gasteiger partial charge on any atom is -0.378 e. The molecule has 3 aromatic rings. The SMILES string of the molecule is O=C(Cc1ccc(-c2ccc(N3CCOCC3)cc2)cn1)NCc1ccccc1. The molecule has 1 aliphatic rings. The highest BCUT2D eigenvalue weighted by atomic mass is 16.5. The monoisotopic (exact) mass is 387 g/mol. The third kappa shape index (κ3) is 5.21. The van der Waals surface area contributed by atoms with Crippen molar-refractivity contribution in [2.45, 2.75) is 13.0 Å². The Hall–Kier alpha value is -3.18. The van der Waals surface area contributed by atoms with Gasteiger partial charge in [-0.1, -0.05) is 48.5 Å². The fraction of sp³-hybridized carbons (Fsp3) is 0.250. The van der Waals surface area contributed by atoms with E-state index in [4.69, 9.17) is 4.74 Å². The number of carbonyl (C=O) groups is 1. The predicted octanol–water partition coefficient (Wildman–Crippen LogP) is 3.44. The van der Waals surface area contributed by atoms with Gasteiger partial charge in [0.1, 0.15) is 0 Å². The van der Waals surface area contributed by atoms with Crippen LogP contribution in [0.1, 0.15) is 11.3 Å². The minimum absolute atomic E-state index is 0.0241. The maximum absolute atomic E-state index is 12.2. The molecule has 0 saturated carbocycles. The molecule has 5 heteroatoms. The average molecular weight is 387 g/mol. The summed E-state index contributed by atoms with van der Waals surface area (Å²) in [6.45, 7) is 3.97. The Kier molecular flexibility index (Phi) is 6.17. The van der Waals surface area contributed by atoms with Gasteiger partial charge < -0.3 is 15.0 Å². The van der Waals surface area contributed by atoms with Crippen molar-refractivity contribution in [1.82, 2.24) is 10.3 Å². The molecule has 4 rings (SSSR count). The van der Waals surface area contributed by atoms with Gasteiger partial charge in [0.15, 0.2) is 0 Å². The maximum Gasteiger partial charge on any atom is 0.226 e. The van der Waals surface area contributed by atoms with Crippen molar-refractivity contribution in [3.63, 3.8) is 0 Å². The van der Waals surface area contributed by atoms with Gasteiger partial charge in [0, 0.05) is 42.8 Å². The van der Waals surface area contributed by atoms with Crippen LogP contribution in [0.2, 0.25) is 0 Å². The van der Waals surface area contributed by atoms with Crippen LogP contribution in [0, 0.1) is 0 Å². The Balaban J connectivity index is 1.33. The summed E-state index contributed by atoms with van der Waals surface area (Å²) >= 11 is 0. The normalized spacial score (nSPS) is 13.9.